The predicted octanol–water partition coefficient (Wildman–Crippen LogP) is 3.70. The number of aromatic nitrogens is 4. The molecule has 1 N–H and O–H groups in total. The number of nitrogens with one attached hydrogen (secondary N) is 1. The Labute approximate surface area is 184 Å². The number of benzene rings is 2. The van der Waals surface area contributed by atoms with E-state index in [1.54, 1.807) is 15.4 Å². The van der Waals surface area contributed by atoms with Crippen molar-refractivity contribution in [2.75, 3.05) is 11.1 Å². The van der Waals surface area contributed by atoms with E-state index in [2.05, 4.69) is 15.4 Å². The quantitative estimate of drug-likeness (QED) is 0.355. The molecule has 31 heavy (non-hydrogen) atoms. The van der Waals surface area contributed by atoms with Crippen molar-refractivity contribution in [2.45, 2.75) is 32.1 Å². The number of hydrogen-bond donors (Lipinski definition) is 1. The number of aryl methyl sites for hydroxylation is 2. The third-order valence-corrected chi connectivity index (χ3v) is 5.79. The number of amides is 1. The van der Waals surface area contributed by atoms with Crippen molar-refractivity contribution in [3.63, 3.8) is 0 Å². The van der Waals surface area contributed by atoms with Crippen LogP contribution in [0.5, 0.6) is 0 Å². The minimum Gasteiger partial charge on any atom is -0.325 e. The minimum atomic E-state index is -0.206. The largest absolute Gasteiger partial charge is 0.325 e. The maximum Gasteiger partial charge on any atom is 0.282 e. The summed E-state index contributed by atoms with van der Waals surface area (Å²) in [5, 5.41) is 7.74. The van der Waals surface area contributed by atoms with Gasteiger partial charge in [0.1, 0.15) is 5.52 Å². The zero-order valence-corrected chi connectivity index (χ0v) is 18.2. The van der Waals surface area contributed by atoms with E-state index in [0.29, 0.717) is 29.3 Å². The fraction of sp³-hybridized carbons (Fsp3) is 0.217. The molecule has 2 aromatic heterocycles. The van der Waals surface area contributed by atoms with E-state index in [4.69, 9.17) is 0 Å². The maximum atomic E-state index is 13.2. The summed E-state index contributed by atoms with van der Waals surface area (Å²) in [7, 11) is 0. The highest BCUT2D eigenvalue weighted by Crippen LogP contribution is 2.19. The van der Waals surface area contributed by atoms with E-state index < -0.39 is 0 Å². The second-order valence-electron chi connectivity index (χ2n) is 7.19. The SMILES string of the molecule is CCn1cc2nc(SCC(=O)Nc3ccc(C)cc3)n(Cc3ccccc3)c(=O)c2n1. The predicted molar refractivity (Wildman–Crippen MR) is 124 cm³/mol. The topological polar surface area (TPSA) is 81.8 Å². The Balaban J connectivity index is 1.61. The molecule has 158 valence electrons. The summed E-state index contributed by atoms with van der Waals surface area (Å²) in [5.74, 6) is -0.0126. The van der Waals surface area contributed by atoms with Crippen LogP contribution in [0.25, 0.3) is 11.0 Å². The van der Waals surface area contributed by atoms with E-state index in [9.17, 15) is 9.59 Å². The monoisotopic (exact) mass is 433 g/mol. The van der Waals surface area contributed by atoms with Gasteiger partial charge in [0, 0.05) is 12.2 Å². The summed E-state index contributed by atoms with van der Waals surface area (Å²) in [6.07, 6.45) is 1.76. The van der Waals surface area contributed by atoms with E-state index in [1.807, 2.05) is 68.4 Å². The molecule has 4 aromatic rings. The minimum absolute atomic E-state index is 0.141. The molecule has 0 radical (unpaired) electrons. The molecule has 0 spiro atoms. The van der Waals surface area contributed by atoms with Gasteiger partial charge < -0.3 is 5.32 Å². The van der Waals surface area contributed by atoms with Crippen LogP contribution < -0.4 is 10.9 Å². The molecule has 2 aromatic carbocycles. The molecule has 0 fully saturated rings. The van der Waals surface area contributed by atoms with Crippen LogP contribution in [0, 0.1) is 6.92 Å². The van der Waals surface area contributed by atoms with Crippen molar-refractivity contribution in [2.24, 2.45) is 0 Å². The molecule has 1 amide bonds. The highest BCUT2D eigenvalue weighted by molar-refractivity contribution is 7.99. The lowest BCUT2D eigenvalue weighted by Gasteiger charge is -2.12. The maximum absolute atomic E-state index is 13.2. The summed E-state index contributed by atoms with van der Waals surface area (Å²) in [5.41, 5.74) is 3.52. The number of carbonyl (C=O) groups excluding carboxylic acids is 1. The van der Waals surface area contributed by atoms with E-state index in [-0.39, 0.29) is 17.2 Å². The van der Waals surface area contributed by atoms with Gasteiger partial charge in [-0.3, -0.25) is 18.8 Å². The van der Waals surface area contributed by atoms with Gasteiger partial charge in [0.05, 0.1) is 18.5 Å². The van der Waals surface area contributed by atoms with E-state index in [0.717, 1.165) is 16.8 Å². The van der Waals surface area contributed by atoms with Crippen LogP contribution in [0.1, 0.15) is 18.1 Å². The molecule has 0 aliphatic rings. The van der Waals surface area contributed by atoms with Gasteiger partial charge in [-0.2, -0.15) is 5.10 Å². The summed E-state index contributed by atoms with van der Waals surface area (Å²) >= 11 is 1.25. The smallest absolute Gasteiger partial charge is 0.282 e. The average molecular weight is 434 g/mol. The van der Waals surface area contributed by atoms with Gasteiger partial charge in [-0.1, -0.05) is 59.8 Å². The fourth-order valence-corrected chi connectivity index (χ4v) is 3.96. The fourth-order valence-electron chi connectivity index (χ4n) is 3.16. The van der Waals surface area contributed by atoms with Crippen LogP contribution in [0.15, 0.2) is 70.7 Å². The molecular weight excluding hydrogens is 410 g/mol. The molecule has 0 bridgehead atoms. The van der Waals surface area contributed by atoms with Crippen molar-refractivity contribution in [1.82, 2.24) is 19.3 Å². The molecule has 0 saturated carbocycles. The molecular formula is C23H23N5O2S. The number of hydrogen-bond acceptors (Lipinski definition) is 5. The van der Waals surface area contributed by atoms with Crippen LogP contribution in [-0.4, -0.2) is 31.0 Å². The van der Waals surface area contributed by atoms with Gasteiger partial charge in [-0.25, -0.2) is 4.98 Å². The molecule has 2 heterocycles. The highest BCUT2D eigenvalue weighted by atomic mass is 32.2. The zero-order chi connectivity index (χ0) is 21.8. The number of nitrogens with zero attached hydrogens (tertiary/aromatic N) is 4. The lowest BCUT2D eigenvalue weighted by atomic mass is 10.2. The zero-order valence-electron chi connectivity index (χ0n) is 17.4. The summed E-state index contributed by atoms with van der Waals surface area (Å²) in [6, 6.07) is 17.3. The molecule has 0 saturated heterocycles. The van der Waals surface area contributed by atoms with Gasteiger partial charge in [-0.05, 0) is 31.5 Å². The van der Waals surface area contributed by atoms with Gasteiger partial charge in [0.2, 0.25) is 5.91 Å². The molecule has 8 heteroatoms. The number of fused-ring (bicyclic) bond motifs is 1. The summed E-state index contributed by atoms with van der Waals surface area (Å²) in [4.78, 5) is 30.3. The second kappa shape index (κ2) is 9.18. The van der Waals surface area contributed by atoms with Crippen molar-refractivity contribution >= 4 is 34.4 Å². The van der Waals surface area contributed by atoms with Gasteiger partial charge in [0.25, 0.3) is 5.56 Å². The first kappa shape index (κ1) is 20.9. The summed E-state index contributed by atoms with van der Waals surface area (Å²) < 4.78 is 3.29. The molecule has 0 aliphatic heterocycles. The lowest BCUT2D eigenvalue weighted by molar-refractivity contribution is -0.113. The molecule has 7 nitrogen and oxygen atoms in total. The number of thioether (sulfide) groups is 1. The average Bonchev–Trinajstić information content (AvgIpc) is 3.20. The van der Waals surface area contributed by atoms with Crippen LogP contribution in [-0.2, 0) is 17.9 Å². The Morgan fingerprint density at radius 2 is 1.84 bits per heavy atom. The van der Waals surface area contributed by atoms with Crippen molar-refractivity contribution in [1.29, 1.82) is 0 Å². The third-order valence-electron chi connectivity index (χ3n) is 4.81. The normalized spacial score (nSPS) is 11.0. The number of rotatable bonds is 7. The molecule has 4 rings (SSSR count). The van der Waals surface area contributed by atoms with Crippen LogP contribution in [0.4, 0.5) is 5.69 Å². The number of anilines is 1. The second-order valence-corrected chi connectivity index (χ2v) is 8.14. The molecule has 0 atom stereocenters. The first-order chi connectivity index (χ1) is 15.0. The first-order valence-corrected chi connectivity index (χ1v) is 11.0. The van der Waals surface area contributed by atoms with Crippen LogP contribution in [0.2, 0.25) is 0 Å². The Kier molecular flexibility index (Phi) is 6.18. The van der Waals surface area contributed by atoms with Crippen molar-refractivity contribution < 1.29 is 4.79 Å². The van der Waals surface area contributed by atoms with E-state index in [1.165, 1.54) is 11.8 Å². The standard InChI is InChI=1S/C23H23N5O2S/c1-3-27-14-19-21(26-27)22(30)28(13-17-7-5-4-6-8-17)23(25-19)31-15-20(29)24-18-11-9-16(2)10-12-18/h4-12,14H,3,13,15H2,1-2H3,(H,24,29). The van der Waals surface area contributed by atoms with E-state index >= 15 is 0 Å². The Morgan fingerprint density at radius 1 is 1.10 bits per heavy atom. The van der Waals surface area contributed by atoms with Crippen LogP contribution >= 0.6 is 11.8 Å². The third kappa shape index (κ3) is 4.86. The Hall–Kier alpha value is -3.39. The molecule has 0 aliphatic carbocycles. The summed E-state index contributed by atoms with van der Waals surface area (Å²) in [6.45, 7) is 4.97. The van der Waals surface area contributed by atoms with Crippen LogP contribution in [0.3, 0.4) is 0 Å². The lowest BCUT2D eigenvalue weighted by Crippen LogP contribution is -2.25. The van der Waals surface area contributed by atoms with Crippen molar-refractivity contribution in [3.05, 3.63) is 82.3 Å². The van der Waals surface area contributed by atoms with Gasteiger partial charge in [0.15, 0.2) is 10.7 Å². The highest BCUT2D eigenvalue weighted by Gasteiger charge is 2.16. The van der Waals surface area contributed by atoms with Gasteiger partial charge in [-0.15, -0.1) is 0 Å². The number of carbonyl (C=O) groups is 1. The Bertz CT molecular complexity index is 1260. The first-order valence-electron chi connectivity index (χ1n) is 10.0. The van der Waals surface area contributed by atoms with Gasteiger partial charge >= 0.3 is 0 Å². The molecule has 0 unspecified atom stereocenters. The van der Waals surface area contributed by atoms with Crippen molar-refractivity contribution in [3.8, 4) is 0 Å². The Morgan fingerprint density at radius 3 is 2.55 bits per heavy atom.